The van der Waals surface area contributed by atoms with Gasteiger partial charge >= 0.3 is 0 Å². The Morgan fingerprint density at radius 3 is 2.65 bits per heavy atom. The molecule has 20 heavy (non-hydrogen) atoms. The van der Waals surface area contributed by atoms with E-state index in [1.807, 2.05) is 38.1 Å². The number of amides is 1. The van der Waals surface area contributed by atoms with Crippen LogP contribution in [0.4, 0.5) is 5.69 Å². The summed E-state index contributed by atoms with van der Waals surface area (Å²) in [5.41, 5.74) is 2.90. The van der Waals surface area contributed by atoms with Gasteiger partial charge in [-0.1, -0.05) is 6.07 Å². The summed E-state index contributed by atoms with van der Waals surface area (Å²) in [4.78, 5) is 12.0. The Labute approximate surface area is 124 Å². The van der Waals surface area contributed by atoms with Crippen LogP contribution in [0.15, 0.2) is 41.1 Å². The van der Waals surface area contributed by atoms with Crippen molar-refractivity contribution in [2.75, 3.05) is 5.32 Å². The fourth-order valence-corrected chi connectivity index (χ4v) is 2.70. The number of anilines is 1. The number of rotatable bonds is 5. The Morgan fingerprint density at radius 2 is 2.00 bits per heavy atom. The third-order valence-corrected chi connectivity index (χ3v) is 3.67. The number of hydrogen-bond acceptors (Lipinski definition) is 3. The molecule has 1 aromatic heterocycles. The smallest absolute Gasteiger partial charge is 0.251 e. The maximum atomic E-state index is 12.0. The lowest BCUT2D eigenvalue weighted by Crippen LogP contribution is -2.30. The van der Waals surface area contributed by atoms with Crippen molar-refractivity contribution in [2.45, 2.75) is 32.9 Å². The molecule has 1 atom stereocenters. The van der Waals surface area contributed by atoms with Gasteiger partial charge in [0.05, 0.1) is 0 Å². The predicted molar refractivity (Wildman–Crippen MR) is 85.4 cm³/mol. The van der Waals surface area contributed by atoms with Crippen molar-refractivity contribution in [2.24, 2.45) is 0 Å². The lowest BCUT2D eigenvalue weighted by Gasteiger charge is -2.15. The molecular formula is C16H20N2OS. The number of nitrogens with one attached hydrogen (secondary N) is 2. The lowest BCUT2D eigenvalue weighted by atomic mass is 10.1. The van der Waals surface area contributed by atoms with Gasteiger partial charge in [-0.3, -0.25) is 4.79 Å². The second-order valence-corrected chi connectivity index (χ2v) is 5.91. The summed E-state index contributed by atoms with van der Waals surface area (Å²) in [6.07, 6.45) is 0. The molecule has 4 heteroatoms. The van der Waals surface area contributed by atoms with Crippen LogP contribution in [0.5, 0.6) is 0 Å². The first kappa shape index (κ1) is 14.6. The number of carbonyl (C=O) groups excluding carboxylic acids is 1. The summed E-state index contributed by atoms with van der Waals surface area (Å²) in [7, 11) is 0. The molecule has 2 N–H and O–H groups in total. The fraction of sp³-hybridized carbons (Fsp3) is 0.312. The molecule has 1 amide bonds. The molecule has 0 radical (unpaired) electrons. The van der Waals surface area contributed by atoms with Crippen LogP contribution in [-0.4, -0.2) is 11.9 Å². The standard InChI is InChI=1S/C16H20N2OS/c1-11(2)17-16(19)13-5-4-6-15(9-13)18-12(3)14-7-8-20-10-14/h4-12,18H,1-3H3,(H,17,19). The summed E-state index contributed by atoms with van der Waals surface area (Å²) < 4.78 is 0. The van der Waals surface area contributed by atoms with E-state index in [0.29, 0.717) is 5.56 Å². The molecule has 0 saturated carbocycles. The van der Waals surface area contributed by atoms with Crippen molar-refractivity contribution in [1.82, 2.24) is 5.32 Å². The van der Waals surface area contributed by atoms with Gasteiger partial charge in [0.15, 0.2) is 0 Å². The van der Waals surface area contributed by atoms with Gasteiger partial charge in [0.1, 0.15) is 0 Å². The van der Waals surface area contributed by atoms with E-state index in [9.17, 15) is 4.79 Å². The molecule has 0 bridgehead atoms. The third kappa shape index (κ3) is 3.84. The molecule has 2 aromatic rings. The minimum absolute atomic E-state index is 0.0353. The molecule has 1 aromatic carbocycles. The van der Waals surface area contributed by atoms with Crippen LogP contribution < -0.4 is 10.6 Å². The summed E-state index contributed by atoms with van der Waals surface area (Å²) in [5.74, 6) is -0.0353. The van der Waals surface area contributed by atoms with E-state index in [2.05, 4.69) is 34.4 Å². The molecule has 3 nitrogen and oxygen atoms in total. The van der Waals surface area contributed by atoms with Crippen molar-refractivity contribution >= 4 is 22.9 Å². The first-order chi connectivity index (χ1) is 9.56. The molecular weight excluding hydrogens is 268 g/mol. The second-order valence-electron chi connectivity index (χ2n) is 5.13. The Bertz CT molecular complexity index is 564. The van der Waals surface area contributed by atoms with Gasteiger partial charge in [-0.05, 0) is 61.4 Å². The lowest BCUT2D eigenvalue weighted by molar-refractivity contribution is 0.0943. The molecule has 0 aliphatic heterocycles. The number of hydrogen-bond donors (Lipinski definition) is 2. The number of benzene rings is 1. The van der Waals surface area contributed by atoms with Crippen molar-refractivity contribution in [3.63, 3.8) is 0 Å². The van der Waals surface area contributed by atoms with Crippen LogP contribution in [0.25, 0.3) is 0 Å². The molecule has 0 aliphatic carbocycles. The van der Waals surface area contributed by atoms with Crippen LogP contribution in [0, 0.1) is 0 Å². The highest BCUT2D eigenvalue weighted by Gasteiger charge is 2.09. The number of thiophene rings is 1. The molecule has 0 fully saturated rings. The first-order valence-corrected chi connectivity index (χ1v) is 7.70. The van der Waals surface area contributed by atoms with E-state index >= 15 is 0 Å². The zero-order valence-electron chi connectivity index (χ0n) is 12.0. The topological polar surface area (TPSA) is 41.1 Å². The van der Waals surface area contributed by atoms with Crippen LogP contribution in [-0.2, 0) is 0 Å². The van der Waals surface area contributed by atoms with Gasteiger partial charge in [0, 0.05) is 23.3 Å². The van der Waals surface area contributed by atoms with E-state index in [1.165, 1.54) is 5.56 Å². The highest BCUT2D eigenvalue weighted by molar-refractivity contribution is 7.07. The van der Waals surface area contributed by atoms with Crippen molar-refractivity contribution < 1.29 is 4.79 Å². The van der Waals surface area contributed by atoms with Crippen molar-refractivity contribution in [3.05, 3.63) is 52.2 Å². The SMILES string of the molecule is CC(C)NC(=O)c1cccc(NC(C)c2ccsc2)c1. The van der Waals surface area contributed by atoms with E-state index in [0.717, 1.165) is 5.69 Å². The Morgan fingerprint density at radius 1 is 1.20 bits per heavy atom. The third-order valence-electron chi connectivity index (χ3n) is 2.97. The summed E-state index contributed by atoms with van der Waals surface area (Å²) in [6.45, 7) is 6.03. The molecule has 2 rings (SSSR count). The van der Waals surface area contributed by atoms with Crippen LogP contribution >= 0.6 is 11.3 Å². The maximum absolute atomic E-state index is 12.0. The molecule has 0 spiro atoms. The highest BCUT2D eigenvalue weighted by atomic mass is 32.1. The normalized spacial score (nSPS) is 12.2. The predicted octanol–water partition coefficient (Wildman–Crippen LogP) is 4.06. The van der Waals surface area contributed by atoms with Gasteiger partial charge < -0.3 is 10.6 Å². The van der Waals surface area contributed by atoms with E-state index in [-0.39, 0.29) is 18.0 Å². The minimum Gasteiger partial charge on any atom is -0.378 e. The quantitative estimate of drug-likeness (QED) is 0.871. The minimum atomic E-state index is -0.0353. The monoisotopic (exact) mass is 288 g/mol. The summed E-state index contributed by atoms with van der Waals surface area (Å²) in [5, 5.41) is 10.5. The Kier molecular flexibility index (Phi) is 4.79. The molecule has 0 aliphatic rings. The van der Waals surface area contributed by atoms with E-state index < -0.39 is 0 Å². The summed E-state index contributed by atoms with van der Waals surface area (Å²) >= 11 is 1.69. The second kappa shape index (κ2) is 6.57. The molecule has 106 valence electrons. The van der Waals surface area contributed by atoms with Crippen LogP contribution in [0.3, 0.4) is 0 Å². The van der Waals surface area contributed by atoms with Crippen molar-refractivity contribution in [3.8, 4) is 0 Å². The zero-order chi connectivity index (χ0) is 14.5. The van der Waals surface area contributed by atoms with Gasteiger partial charge in [-0.25, -0.2) is 0 Å². The van der Waals surface area contributed by atoms with E-state index in [4.69, 9.17) is 0 Å². The molecule has 1 heterocycles. The van der Waals surface area contributed by atoms with Crippen LogP contribution in [0.2, 0.25) is 0 Å². The summed E-state index contributed by atoms with van der Waals surface area (Å²) in [6, 6.07) is 10.1. The average molecular weight is 288 g/mol. The van der Waals surface area contributed by atoms with Crippen LogP contribution in [0.1, 0.15) is 42.7 Å². The molecule has 1 unspecified atom stereocenters. The maximum Gasteiger partial charge on any atom is 0.251 e. The van der Waals surface area contributed by atoms with Gasteiger partial charge in [0.2, 0.25) is 0 Å². The van der Waals surface area contributed by atoms with Crippen molar-refractivity contribution in [1.29, 1.82) is 0 Å². The van der Waals surface area contributed by atoms with Gasteiger partial charge in [-0.15, -0.1) is 0 Å². The fourth-order valence-electron chi connectivity index (χ4n) is 1.95. The Hall–Kier alpha value is -1.81. The zero-order valence-corrected chi connectivity index (χ0v) is 12.8. The largest absolute Gasteiger partial charge is 0.378 e. The van der Waals surface area contributed by atoms with Gasteiger partial charge in [0.25, 0.3) is 5.91 Å². The van der Waals surface area contributed by atoms with E-state index in [1.54, 1.807) is 11.3 Å². The first-order valence-electron chi connectivity index (χ1n) is 6.76. The molecule has 0 saturated heterocycles. The van der Waals surface area contributed by atoms with Gasteiger partial charge in [-0.2, -0.15) is 11.3 Å². The number of carbonyl (C=O) groups is 1. The Balaban J connectivity index is 2.08. The average Bonchev–Trinajstić information content (AvgIpc) is 2.92. The highest BCUT2D eigenvalue weighted by Crippen LogP contribution is 2.21.